The van der Waals surface area contributed by atoms with Crippen molar-refractivity contribution in [2.75, 3.05) is 7.11 Å². The van der Waals surface area contributed by atoms with Crippen LogP contribution in [0.15, 0.2) is 43.0 Å². The zero-order valence-corrected chi connectivity index (χ0v) is 13.0. The maximum Gasteiger partial charge on any atom is 0.217 e. The van der Waals surface area contributed by atoms with Gasteiger partial charge in [0.05, 0.1) is 7.11 Å². The molecule has 0 saturated carbocycles. The molecule has 2 rings (SSSR count). The summed E-state index contributed by atoms with van der Waals surface area (Å²) in [5.74, 6) is 0. The van der Waals surface area contributed by atoms with E-state index in [0.717, 1.165) is 20.1 Å². The molecule has 0 N–H and O–H groups in total. The minimum absolute atomic E-state index is 0.808. The van der Waals surface area contributed by atoms with Gasteiger partial charge in [0.25, 0.3) is 0 Å². The van der Waals surface area contributed by atoms with Crippen molar-refractivity contribution in [2.24, 2.45) is 0 Å². The molecule has 1 aromatic carbocycles. The van der Waals surface area contributed by atoms with E-state index in [0.29, 0.717) is 0 Å². The summed E-state index contributed by atoms with van der Waals surface area (Å²) in [6.45, 7) is 7.10. The molecule has 0 amide bonds. The lowest BCUT2D eigenvalue weighted by Crippen LogP contribution is -2.37. The minimum atomic E-state index is -4.41. The molecule has 5 nitrogen and oxygen atoms in total. The Labute approximate surface area is 125 Å². The summed E-state index contributed by atoms with van der Waals surface area (Å²) >= 11 is 0. The molecule has 0 atom stereocenters. The maximum atomic E-state index is 9.22. The molecule has 21 heavy (non-hydrogen) atoms. The van der Waals surface area contributed by atoms with E-state index in [1.54, 1.807) is 0 Å². The lowest BCUT2D eigenvalue weighted by molar-refractivity contribution is -0.673. The standard InChI is InChI=1S/C14H16N.CH4O4S/c1-3-11-15-13(4-2)10-9-12-7-5-6-8-14(12)15;1-5-6(2,3)4/h4-10H,2-3,11H2,1H3;1H3,(H,2,3,4)/q+1;/p-1. The lowest BCUT2D eigenvalue weighted by Gasteiger charge is -2.03. The molecule has 0 saturated heterocycles. The molecule has 0 spiro atoms. The number of fused-ring (bicyclic) bond motifs is 1. The molecule has 0 fully saturated rings. The highest BCUT2D eigenvalue weighted by Crippen LogP contribution is 2.11. The number of nitrogens with zero attached hydrogens (tertiary/aromatic N) is 1. The Morgan fingerprint density at radius 3 is 2.43 bits per heavy atom. The molecule has 2 aromatic rings. The van der Waals surface area contributed by atoms with Gasteiger partial charge in [0, 0.05) is 30.0 Å². The SMILES string of the molecule is C=Cc1ccc2ccccc2[n+]1CCC.COS(=O)(=O)[O-]. The van der Waals surface area contributed by atoms with Gasteiger partial charge in [-0.05, 0) is 12.1 Å². The summed E-state index contributed by atoms with van der Waals surface area (Å²) in [5, 5.41) is 1.29. The van der Waals surface area contributed by atoms with Gasteiger partial charge in [-0.25, -0.2) is 8.42 Å². The van der Waals surface area contributed by atoms with E-state index in [2.05, 4.69) is 58.7 Å². The van der Waals surface area contributed by atoms with Crippen LogP contribution in [-0.4, -0.2) is 20.1 Å². The van der Waals surface area contributed by atoms with Crippen molar-refractivity contribution in [2.45, 2.75) is 19.9 Å². The second-order valence-electron chi connectivity index (χ2n) is 4.25. The molecule has 6 heteroatoms. The quantitative estimate of drug-likeness (QED) is 0.493. The summed E-state index contributed by atoms with van der Waals surface area (Å²) in [5.41, 5.74) is 2.48. The van der Waals surface area contributed by atoms with Crippen molar-refractivity contribution in [3.8, 4) is 0 Å². The van der Waals surface area contributed by atoms with Gasteiger partial charge in [-0.15, -0.1) is 0 Å². The van der Waals surface area contributed by atoms with Crippen LogP contribution in [-0.2, 0) is 21.1 Å². The highest BCUT2D eigenvalue weighted by Gasteiger charge is 2.11. The zero-order chi connectivity index (χ0) is 15.9. The fourth-order valence-corrected chi connectivity index (χ4v) is 1.93. The second-order valence-corrected chi connectivity index (χ2v) is 5.40. The molecule has 0 aliphatic rings. The van der Waals surface area contributed by atoms with Gasteiger partial charge in [-0.2, -0.15) is 4.57 Å². The molecule has 0 bridgehead atoms. The normalized spacial score (nSPS) is 10.8. The third kappa shape index (κ3) is 5.26. The van der Waals surface area contributed by atoms with E-state index in [4.69, 9.17) is 0 Å². The van der Waals surface area contributed by atoms with E-state index in [9.17, 15) is 13.0 Å². The summed E-state index contributed by atoms with van der Waals surface area (Å²) in [4.78, 5) is 0. The predicted octanol–water partition coefficient (Wildman–Crippen LogP) is 2.27. The van der Waals surface area contributed by atoms with Crippen LogP contribution in [0.1, 0.15) is 19.0 Å². The smallest absolute Gasteiger partial charge is 0.217 e. The number of benzene rings is 1. The molecular formula is C15H19NO4S. The third-order valence-corrected chi connectivity index (χ3v) is 3.24. The van der Waals surface area contributed by atoms with Gasteiger partial charge in [0.15, 0.2) is 0 Å². The predicted molar refractivity (Wildman–Crippen MR) is 81.2 cm³/mol. The highest BCUT2D eigenvalue weighted by atomic mass is 32.3. The Morgan fingerprint density at radius 1 is 1.29 bits per heavy atom. The first-order valence-electron chi connectivity index (χ1n) is 6.48. The van der Waals surface area contributed by atoms with Crippen LogP contribution in [0, 0.1) is 0 Å². The van der Waals surface area contributed by atoms with Gasteiger partial charge >= 0.3 is 0 Å². The van der Waals surface area contributed by atoms with Crippen LogP contribution in [0.25, 0.3) is 17.0 Å². The van der Waals surface area contributed by atoms with Crippen molar-refractivity contribution in [1.82, 2.24) is 0 Å². The maximum absolute atomic E-state index is 9.22. The van der Waals surface area contributed by atoms with E-state index < -0.39 is 10.4 Å². The largest absolute Gasteiger partial charge is 0.726 e. The number of para-hydroxylation sites is 1. The first-order valence-corrected chi connectivity index (χ1v) is 7.81. The summed E-state index contributed by atoms with van der Waals surface area (Å²) < 4.78 is 33.3. The fourth-order valence-electron chi connectivity index (χ4n) is 1.93. The van der Waals surface area contributed by atoms with Crippen LogP contribution >= 0.6 is 0 Å². The molecular weight excluding hydrogens is 290 g/mol. The molecule has 114 valence electrons. The van der Waals surface area contributed by atoms with Gasteiger partial charge < -0.3 is 4.55 Å². The topological polar surface area (TPSA) is 70.3 Å². The van der Waals surface area contributed by atoms with E-state index in [-0.39, 0.29) is 0 Å². The summed E-state index contributed by atoms with van der Waals surface area (Å²) in [6.07, 6.45) is 3.06. The van der Waals surface area contributed by atoms with Crippen LogP contribution in [0.3, 0.4) is 0 Å². The average Bonchev–Trinajstić information content (AvgIpc) is 2.48. The Morgan fingerprint density at radius 2 is 1.90 bits per heavy atom. The van der Waals surface area contributed by atoms with E-state index in [1.807, 2.05) is 6.08 Å². The first kappa shape index (κ1) is 17.3. The molecule has 1 heterocycles. The fraction of sp³-hybridized carbons (Fsp3) is 0.267. The summed E-state index contributed by atoms with van der Waals surface area (Å²) in [7, 11) is -3.60. The Bertz CT molecular complexity index is 711. The summed E-state index contributed by atoms with van der Waals surface area (Å²) in [6, 6.07) is 12.8. The van der Waals surface area contributed by atoms with E-state index in [1.165, 1.54) is 16.6 Å². The van der Waals surface area contributed by atoms with Crippen LogP contribution in [0.4, 0.5) is 0 Å². The first-order chi connectivity index (χ1) is 9.92. The molecule has 0 aliphatic carbocycles. The van der Waals surface area contributed by atoms with Crippen molar-refractivity contribution in [3.63, 3.8) is 0 Å². The van der Waals surface area contributed by atoms with Gasteiger partial charge in [0.1, 0.15) is 6.54 Å². The minimum Gasteiger partial charge on any atom is -0.726 e. The van der Waals surface area contributed by atoms with Gasteiger partial charge in [-0.1, -0.05) is 25.6 Å². The Hall–Kier alpha value is -1.76. The lowest BCUT2D eigenvalue weighted by atomic mass is 10.2. The molecule has 0 unspecified atom stereocenters. The average molecular weight is 309 g/mol. The Balaban J connectivity index is 0.000000315. The molecule has 0 aliphatic heterocycles. The van der Waals surface area contributed by atoms with Crippen molar-refractivity contribution in [1.29, 1.82) is 0 Å². The number of hydrogen-bond donors (Lipinski definition) is 0. The van der Waals surface area contributed by atoms with Crippen molar-refractivity contribution >= 4 is 27.4 Å². The number of pyridine rings is 1. The number of rotatable bonds is 4. The van der Waals surface area contributed by atoms with Gasteiger partial charge in [0.2, 0.25) is 21.6 Å². The van der Waals surface area contributed by atoms with Crippen molar-refractivity contribution < 1.29 is 21.7 Å². The van der Waals surface area contributed by atoms with Gasteiger partial charge in [-0.3, -0.25) is 4.18 Å². The highest BCUT2D eigenvalue weighted by molar-refractivity contribution is 7.80. The number of aromatic nitrogens is 1. The van der Waals surface area contributed by atoms with Crippen molar-refractivity contribution in [3.05, 3.63) is 48.7 Å². The third-order valence-electron chi connectivity index (χ3n) is 2.83. The van der Waals surface area contributed by atoms with E-state index >= 15 is 0 Å². The number of aryl methyl sites for hydroxylation is 1. The van der Waals surface area contributed by atoms with Crippen LogP contribution in [0.5, 0.6) is 0 Å². The second kappa shape index (κ2) is 7.87. The number of hydrogen-bond acceptors (Lipinski definition) is 4. The molecule has 1 aromatic heterocycles. The Kier molecular flexibility index (Phi) is 6.48. The van der Waals surface area contributed by atoms with Crippen LogP contribution in [0.2, 0.25) is 0 Å². The zero-order valence-electron chi connectivity index (χ0n) is 12.2. The monoisotopic (exact) mass is 309 g/mol. The molecule has 0 radical (unpaired) electrons. The van der Waals surface area contributed by atoms with Crippen LogP contribution < -0.4 is 4.57 Å².